The summed E-state index contributed by atoms with van der Waals surface area (Å²) in [7, 11) is 0. The number of ether oxygens (including phenoxy) is 1. The first-order chi connectivity index (χ1) is 11.1. The number of carbonyl (C=O) groups excluding carboxylic acids is 2. The van der Waals surface area contributed by atoms with E-state index in [9.17, 15) is 9.59 Å². The van der Waals surface area contributed by atoms with Crippen molar-refractivity contribution in [3.05, 3.63) is 59.7 Å². The van der Waals surface area contributed by atoms with Gasteiger partial charge in [0.25, 0.3) is 0 Å². The maximum Gasteiger partial charge on any atom is 0.338 e. The van der Waals surface area contributed by atoms with Gasteiger partial charge in [0.05, 0.1) is 17.9 Å². The molecule has 1 amide bonds. The Hall–Kier alpha value is -2.27. The van der Waals surface area contributed by atoms with Crippen LogP contribution in [0.5, 0.6) is 0 Å². The third-order valence-corrected chi connectivity index (χ3v) is 4.29. The monoisotopic (exact) mass is 329 g/mol. The second-order valence-electron chi connectivity index (χ2n) is 4.90. The van der Waals surface area contributed by atoms with Gasteiger partial charge in [-0.25, -0.2) is 4.79 Å². The third-order valence-electron chi connectivity index (χ3n) is 3.11. The number of hydrogen-bond acceptors (Lipinski definition) is 4. The van der Waals surface area contributed by atoms with Gasteiger partial charge in [0.2, 0.25) is 5.91 Å². The molecule has 4 nitrogen and oxygen atoms in total. The van der Waals surface area contributed by atoms with E-state index in [-0.39, 0.29) is 5.91 Å². The van der Waals surface area contributed by atoms with E-state index >= 15 is 0 Å². The molecular formula is C18H19NO3S. The summed E-state index contributed by atoms with van der Waals surface area (Å²) in [5.41, 5.74) is 2.16. The maximum atomic E-state index is 12.1. The number of benzene rings is 2. The van der Waals surface area contributed by atoms with E-state index in [0.29, 0.717) is 23.6 Å². The molecule has 0 saturated heterocycles. The van der Waals surface area contributed by atoms with Crippen LogP contribution in [0.3, 0.4) is 0 Å². The zero-order valence-corrected chi connectivity index (χ0v) is 14.0. The summed E-state index contributed by atoms with van der Waals surface area (Å²) >= 11 is 1.49. The van der Waals surface area contributed by atoms with Gasteiger partial charge in [-0.2, -0.15) is 0 Å². The van der Waals surface area contributed by atoms with Crippen LogP contribution in [0, 0.1) is 6.92 Å². The van der Waals surface area contributed by atoms with Gasteiger partial charge in [-0.05, 0) is 43.7 Å². The molecule has 0 radical (unpaired) electrons. The Morgan fingerprint density at radius 2 is 1.91 bits per heavy atom. The van der Waals surface area contributed by atoms with Crippen molar-refractivity contribution in [2.75, 3.05) is 17.7 Å². The Kier molecular flexibility index (Phi) is 6.23. The Morgan fingerprint density at radius 1 is 1.13 bits per heavy atom. The second-order valence-corrected chi connectivity index (χ2v) is 5.92. The largest absolute Gasteiger partial charge is 0.462 e. The van der Waals surface area contributed by atoms with Crippen LogP contribution in [0.15, 0.2) is 53.4 Å². The molecule has 2 aromatic rings. The Bertz CT molecular complexity index is 700. The predicted octanol–water partition coefficient (Wildman–Crippen LogP) is 3.90. The Morgan fingerprint density at radius 3 is 2.65 bits per heavy atom. The van der Waals surface area contributed by atoms with E-state index in [0.717, 1.165) is 10.5 Å². The number of aryl methyl sites for hydroxylation is 1. The molecule has 0 unspecified atom stereocenters. The molecule has 23 heavy (non-hydrogen) atoms. The normalized spacial score (nSPS) is 10.2. The quantitative estimate of drug-likeness (QED) is 0.645. The maximum absolute atomic E-state index is 12.1. The predicted molar refractivity (Wildman–Crippen MR) is 92.9 cm³/mol. The summed E-state index contributed by atoms with van der Waals surface area (Å²) in [6, 6.07) is 14.7. The molecule has 0 fully saturated rings. The highest BCUT2D eigenvalue weighted by molar-refractivity contribution is 8.00. The summed E-state index contributed by atoms with van der Waals surface area (Å²) in [5, 5.41) is 2.80. The molecule has 0 aliphatic rings. The fourth-order valence-electron chi connectivity index (χ4n) is 2.00. The van der Waals surface area contributed by atoms with Crippen LogP contribution in [0.2, 0.25) is 0 Å². The van der Waals surface area contributed by atoms with Crippen LogP contribution < -0.4 is 5.32 Å². The number of thioether (sulfide) groups is 1. The molecule has 0 saturated carbocycles. The van der Waals surface area contributed by atoms with Crippen LogP contribution in [0.1, 0.15) is 22.8 Å². The van der Waals surface area contributed by atoms with Gasteiger partial charge >= 0.3 is 5.97 Å². The minimum atomic E-state index is -0.391. The molecule has 0 spiro atoms. The van der Waals surface area contributed by atoms with Gasteiger partial charge < -0.3 is 10.1 Å². The Balaban J connectivity index is 1.94. The lowest BCUT2D eigenvalue weighted by Gasteiger charge is -2.08. The summed E-state index contributed by atoms with van der Waals surface area (Å²) in [6.07, 6.45) is 0. The molecule has 120 valence electrons. The fourth-order valence-corrected chi connectivity index (χ4v) is 2.83. The average molecular weight is 329 g/mol. The van der Waals surface area contributed by atoms with Gasteiger partial charge in [-0.1, -0.05) is 24.3 Å². The van der Waals surface area contributed by atoms with Crippen LogP contribution >= 0.6 is 11.8 Å². The van der Waals surface area contributed by atoms with Gasteiger partial charge in [0, 0.05) is 10.6 Å². The molecule has 0 aliphatic heterocycles. The highest BCUT2D eigenvalue weighted by atomic mass is 32.2. The lowest BCUT2D eigenvalue weighted by Crippen LogP contribution is -2.14. The van der Waals surface area contributed by atoms with E-state index in [1.54, 1.807) is 31.2 Å². The van der Waals surface area contributed by atoms with Crippen molar-refractivity contribution in [3.63, 3.8) is 0 Å². The number of carbonyl (C=O) groups is 2. The molecule has 0 aliphatic carbocycles. The van der Waals surface area contributed by atoms with E-state index in [2.05, 4.69) is 5.32 Å². The van der Waals surface area contributed by atoms with Crippen molar-refractivity contribution in [1.29, 1.82) is 0 Å². The lowest BCUT2D eigenvalue weighted by molar-refractivity contribution is -0.113. The first-order valence-corrected chi connectivity index (χ1v) is 8.34. The van der Waals surface area contributed by atoms with Gasteiger partial charge in [0.1, 0.15) is 0 Å². The lowest BCUT2D eigenvalue weighted by atomic mass is 10.2. The first kappa shape index (κ1) is 17.1. The highest BCUT2D eigenvalue weighted by Crippen LogP contribution is 2.22. The van der Waals surface area contributed by atoms with Gasteiger partial charge in [-0.3, -0.25) is 4.79 Å². The molecule has 5 heteroatoms. The smallest absolute Gasteiger partial charge is 0.338 e. The average Bonchev–Trinajstić information content (AvgIpc) is 2.54. The number of esters is 1. The van der Waals surface area contributed by atoms with Crippen LogP contribution in [-0.2, 0) is 9.53 Å². The van der Waals surface area contributed by atoms with E-state index in [1.807, 2.05) is 31.2 Å². The van der Waals surface area contributed by atoms with Crippen molar-refractivity contribution >= 4 is 29.3 Å². The van der Waals surface area contributed by atoms with E-state index < -0.39 is 5.97 Å². The zero-order chi connectivity index (χ0) is 16.7. The standard InChI is InChI=1S/C18H19NO3S/c1-3-22-18(21)14-8-6-9-15(11-14)19-17(20)12-23-16-10-5-4-7-13(16)2/h4-11H,3,12H2,1-2H3,(H,19,20). The number of hydrogen-bond donors (Lipinski definition) is 1. The number of amides is 1. The third kappa shape index (κ3) is 5.14. The SMILES string of the molecule is CCOC(=O)c1cccc(NC(=O)CSc2ccccc2C)c1. The number of rotatable bonds is 6. The minimum Gasteiger partial charge on any atom is -0.462 e. The summed E-state index contributed by atoms with van der Waals surface area (Å²) in [4.78, 5) is 24.8. The van der Waals surface area contributed by atoms with Crippen molar-refractivity contribution in [2.45, 2.75) is 18.7 Å². The Labute approximate surface area is 140 Å². The van der Waals surface area contributed by atoms with Crippen molar-refractivity contribution in [2.24, 2.45) is 0 Å². The van der Waals surface area contributed by atoms with E-state index in [1.165, 1.54) is 11.8 Å². The number of nitrogens with one attached hydrogen (secondary N) is 1. The van der Waals surface area contributed by atoms with Crippen LogP contribution in [0.4, 0.5) is 5.69 Å². The van der Waals surface area contributed by atoms with Gasteiger partial charge in [0.15, 0.2) is 0 Å². The fraction of sp³-hybridized carbons (Fsp3) is 0.222. The van der Waals surface area contributed by atoms with Crippen molar-refractivity contribution < 1.29 is 14.3 Å². The molecule has 0 heterocycles. The van der Waals surface area contributed by atoms with Crippen LogP contribution in [-0.4, -0.2) is 24.2 Å². The summed E-state index contributed by atoms with van der Waals surface area (Å²) in [6.45, 7) is 4.10. The summed E-state index contributed by atoms with van der Waals surface area (Å²) < 4.78 is 4.95. The second kappa shape index (κ2) is 8.39. The molecule has 1 N–H and O–H groups in total. The van der Waals surface area contributed by atoms with Crippen LogP contribution in [0.25, 0.3) is 0 Å². The zero-order valence-electron chi connectivity index (χ0n) is 13.2. The minimum absolute atomic E-state index is 0.112. The van der Waals surface area contributed by atoms with E-state index in [4.69, 9.17) is 4.74 Å². The molecule has 0 bridgehead atoms. The first-order valence-electron chi connectivity index (χ1n) is 7.35. The molecule has 0 aromatic heterocycles. The van der Waals surface area contributed by atoms with Crippen molar-refractivity contribution in [3.8, 4) is 0 Å². The van der Waals surface area contributed by atoms with Crippen molar-refractivity contribution in [1.82, 2.24) is 0 Å². The highest BCUT2D eigenvalue weighted by Gasteiger charge is 2.09. The molecule has 0 atom stereocenters. The molecule has 2 aromatic carbocycles. The molecular weight excluding hydrogens is 310 g/mol. The molecule has 2 rings (SSSR count). The summed E-state index contributed by atoms with van der Waals surface area (Å²) in [5.74, 6) is -0.189. The number of anilines is 1. The topological polar surface area (TPSA) is 55.4 Å². The van der Waals surface area contributed by atoms with Gasteiger partial charge in [-0.15, -0.1) is 11.8 Å².